The highest BCUT2D eigenvalue weighted by Crippen LogP contribution is 2.10. The zero-order valence-electron chi connectivity index (χ0n) is 16.4. The minimum Gasteiger partial charge on any atom is -0.348 e. The van der Waals surface area contributed by atoms with Crippen LogP contribution in [0, 0.1) is 0 Å². The number of nitrogens with zero attached hydrogens (tertiary/aromatic N) is 3. The average molecular weight is 392 g/mol. The Morgan fingerprint density at radius 3 is 2.31 bits per heavy atom. The van der Waals surface area contributed by atoms with Crippen molar-refractivity contribution in [1.29, 1.82) is 0 Å². The smallest absolute Gasteiger partial charge is 0.319 e. The van der Waals surface area contributed by atoms with E-state index in [1.165, 1.54) is 6.33 Å². The molecule has 29 heavy (non-hydrogen) atoms. The number of carbonyl (C=O) groups excluding carboxylic acids is 2. The zero-order valence-corrected chi connectivity index (χ0v) is 16.4. The zero-order chi connectivity index (χ0) is 20.6. The fourth-order valence-corrected chi connectivity index (χ4v) is 2.68. The van der Waals surface area contributed by atoms with E-state index in [1.807, 2.05) is 38.1 Å². The number of amides is 3. The lowest BCUT2D eigenvalue weighted by molar-refractivity contribution is 0.0951. The normalized spacial score (nSPS) is 10.6. The van der Waals surface area contributed by atoms with Gasteiger partial charge in [0.1, 0.15) is 12.7 Å². The predicted molar refractivity (Wildman–Crippen MR) is 110 cm³/mol. The Morgan fingerprint density at radius 1 is 1.00 bits per heavy atom. The van der Waals surface area contributed by atoms with Crippen molar-refractivity contribution in [1.82, 2.24) is 25.4 Å². The van der Waals surface area contributed by atoms with E-state index in [0.717, 1.165) is 11.1 Å². The van der Waals surface area contributed by atoms with Gasteiger partial charge in [-0.25, -0.2) is 14.5 Å². The molecule has 0 fully saturated rings. The van der Waals surface area contributed by atoms with Crippen molar-refractivity contribution < 1.29 is 9.59 Å². The van der Waals surface area contributed by atoms with E-state index in [2.05, 4.69) is 26.0 Å². The maximum absolute atomic E-state index is 12.4. The molecule has 0 saturated carbocycles. The van der Waals surface area contributed by atoms with E-state index >= 15 is 0 Å². The lowest BCUT2D eigenvalue weighted by Gasteiger charge is -2.11. The second-order valence-electron chi connectivity index (χ2n) is 6.92. The number of rotatable bonds is 7. The first kappa shape index (κ1) is 20.1. The molecule has 150 valence electrons. The molecule has 0 spiro atoms. The number of nitrogens with one attached hydrogen (secondary N) is 3. The molecule has 3 N–H and O–H groups in total. The molecule has 0 aliphatic heterocycles. The molecule has 0 aliphatic rings. The van der Waals surface area contributed by atoms with Crippen molar-refractivity contribution in [3.63, 3.8) is 0 Å². The molecule has 8 nitrogen and oxygen atoms in total. The summed E-state index contributed by atoms with van der Waals surface area (Å²) in [5, 5.41) is 12.5. The predicted octanol–water partition coefficient (Wildman–Crippen LogP) is 2.79. The Balaban J connectivity index is 1.49. The SMILES string of the molecule is CC(C)NC(=O)Nc1ccc(CNC(=O)c2ccc(Cn3cncn3)cc2)cc1. The third-order valence-corrected chi connectivity index (χ3v) is 4.11. The highest BCUT2D eigenvalue weighted by Gasteiger charge is 2.07. The van der Waals surface area contributed by atoms with E-state index in [1.54, 1.807) is 35.3 Å². The van der Waals surface area contributed by atoms with Crippen LogP contribution in [0.2, 0.25) is 0 Å². The molecule has 0 saturated heterocycles. The van der Waals surface area contributed by atoms with Crippen LogP contribution in [-0.2, 0) is 13.1 Å². The van der Waals surface area contributed by atoms with Gasteiger partial charge in [0.15, 0.2) is 0 Å². The van der Waals surface area contributed by atoms with Crippen molar-refractivity contribution in [2.24, 2.45) is 0 Å². The van der Waals surface area contributed by atoms with E-state index < -0.39 is 0 Å². The molecule has 1 aromatic heterocycles. The van der Waals surface area contributed by atoms with Crippen LogP contribution >= 0.6 is 0 Å². The largest absolute Gasteiger partial charge is 0.348 e. The number of urea groups is 1. The van der Waals surface area contributed by atoms with Crippen LogP contribution in [0.3, 0.4) is 0 Å². The topological polar surface area (TPSA) is 101 Å². The molecule has 1 heterocycles. The van der Waals surface area contributed by atoms with Crippen molar-refractivity contribution in [2.75, 3.05) is 5.32 Å². The second kappa shape index (κ2) is 9.50. The average Bonchev–Trinajstić information content (AvgIpc) is 3.20. The minimum absolute atomic E-state index is 0.0705. The molecule has 0 radical (unpaired) electrons. The Bertz CT molecular complexity index is 934. The summed E-state index contributed by atoms with van der Waals surface area (Å²) in [6, 6.07) is 14.6. The lowest BCUT2D eigenvalue weighted by atomic mass is 10.1. The second-order valence-corrected chi connectivity index (χ2v) is 6.92. The van der Waals surface area contributed by atoms with E-state index in [0.29, 0.717) is 24.3 Å². The number of anilines is 1. The summed E-state index contributed by atoms with van der Waals surface area (Å²) < 4.78 is 1.72. The summed E-state index contributed by atoms with van der Waals surface area (Å²) in [6.07, 6.45) is 3.14. The number of carbonyl (C=O) groups is 2. The molecule has 2 aromatic carbocycles. The molecule has 3 amide bonds. The van der Waals surface area contributed by atoms with Crippen LogP contribution in [-0.4, -0.2) is 32.7 Å². The molecule has 0 aliphatic carbocycles. The van der Waals surface area contributed by atoms with Crippen LogP contribution < -0.4 is 16.0 Å². The van der Waals surface area contributed by atoms with E-state index in [4.69, 9.17) is 0 Å². The van der Waals surface area contributed by atoms with Gasteiger partial charge in [0, 0.05) is 23.8 Å². The molecule has 3 aromatic rings. The fourth-order valence-electron chi connectivity index (χ4n) is 2.68. The summed E-state index contributed by atoms with van der Waals surface area (Å²) in [7, 11) is 0. The molecular formula is C21H24N6O2. The van der Waals surface area contributed by atoms with Crippen molar-refractivity contribution in [2.45, 2.75) is 33.0 Å². The first-order chi connectivity index (χ1) is 14.0. The van der Waals surface area contributed by atoms with Gasteiger partial charge < -0.3 is 16.0 Å². The highest BCUT2D eigenvalue weighted by atomic mass is 16.2. The Hall–Kier alpha value is -3.68. The van der Waals surface area contributed by atoms with E-state index in [-0.39, 0.29) is 18.0 Å². The summed E-state index contributed by atoms with van der Waals surface area (Å²) >= 11 is 0. The van der Waals surface area contributed by atoms with Gasteiger partial charge >= 0.3 is 6.03 Å². The maximum Gasteiger partial charge on any atom is 0.319 e. The Morgan fingerprint density at radius 2 is 1.69 bits per heavy atom. The Kier molecular flexibility index (Phi) is 6.57. The summed E-state index contributed by atoms with van der Waals surface area (Å²) in [5.41, 5.74) is 3.27. The molecule has 8 heteroatoms. The van der Waals surface area contributed by atoms with Crippen molar-refractivity contribution in [3.8, 4) is 0 Å². The first-order valence-electron chi connectivity index (χ1n) is 9.35. The molecular weight excluding hydrogens is 368 g/mol. The summed E-state index contributed by atoms with van der Waals surface area (Å²) in [6.45, 7) is 4.81. The van der Waals surface area contributed by atoms with Gasteiger partial charge in [-0.2, -0.15) is 5.10 Å². The van der Waals surface area contributed by atoms with Gasteiger partial charge in [-0.15, -0.1) is 0 Å². The minimum atomic E-state index is -0.242. The van der Waals surface area contributed by atoms with Gasteiger partial charge in [0.25, 0.3) is 5.91 Å². The third kappa shape index (κ3) is 6.17. The van der Waals surface area contributed by atoms with Crippen LogP contribution in [0.15, 0.2) is 61.2 Å². The number of benzene rings is 2. The Labute approximate surface area is 169 Å². The molecule has 3 rings (SSSR count). The van der Waals surface area contributed by atoms with Crippen LogP contribution in [0.5, 0.6) is 0 Å². The van der Waals surface area contributed by atoms with Crippen LogP contribution in [0.25, 0.3) is 0 Å². The van der Waals surface area contributed by atoms with Gasteiger partial charge in [0.05, 0.1) is 6.54 Å². The first-order valence-corrected chi connectivity index (χ1v) is 9.35. The summed E-state index contributed by atoms with van der Waals surface area (Å²) in [5.74, 6) is -0.143. The van der Waals surface area contributed by atoms with Crippen molar-refractivity contribution in [3.05, 3.63) is 77.9 Å². The lowest BCUT2D eigenvalue weighted by Crippen LogP contribution is -2.34. The summed E-state index contributed by atoms with van der Waals surface area (Å²) in [4.78, 5) is 28.0. The van der Waals surface area contributed by atoms with Crippen LogP contribution in [0.4, 0.5) is 10.5 Å². The standard InChI is InChI=1S/C21H24N6O2/c1-15(2)25-21(29)26-19-9-5-16(6-10-19)11-23-20(28)18-7-3-17(4-8-18)12-27-14-22-13-24-27/h3-10,13-15H,11-12H2,1-2H3,(H,23,28)(H2,25,26,29). The quantitative estimate of drug-likeness (QED) is 0.575. The molecule has 0 bridgehead atoms. The van der Waals surface area contributed by atoms with Crippen LogP contribution in [0.1, 0.15) is 35.3 Å². The number of aromatic nitrogens is 3. The van der Waals surface area contributed by atoms with E-state index in [9.17, 15) is 9.59 Å². The van der Waals surface area contributed by atoms with Gasteiger partial charge in [0.2, 0.25) is 0 Å². The van der Waals surface area contributed by atoms with Gasteiger partial charge in [-0.3, -0.25) is 4.79 Å². The third-order valence-electron chi connectivity index (χ3n) is 4.11. The van der Waals surface area contributed by atoms with Crippen molar-refractivity contribution >= 4 is 17.6 Å². The monoisotopic (exact) mass is 392 g/mol. The number of hydrogen-bond acceptors (Lipinski definition) is 4. The van der Waals surface area contributed by atoms with Gasteiger partial charge in [-0.1, -0.05) is 24.3 Å². The highest BCUT2D eigenvalue weighted by molar-refractivity contribution is 5.94. The maximum atomic E-state index is 12.4. The fraction of sp³-hybridized carbons (Fsp3) is 0.238. The number of hydrogen-bond donors (Lipinski definition) is 3. The van der Waals surface area contributed by atoms with Gasteiger partial charge in [-0.05, 0) is 49.2 Å². The molecule has 0 unspecified atom stereocenters. The molecule has 0 atom stereocenters.